The second-order valence-corrected chi connectivity index (χ2v) is 8.11. The summed E-state index contributed by atoms with van der Waals surface area (Å²) in [4.78, 5) is 15.4. The van der Waals surface area contributed by atoms with Crippen molar-refractivity contribution in [3.63, 3.8) is 0 Å². The first kappa shape index (κ1) is 20.3. The fourth-order valence-corrected chi connectivity index (χ4v) is 4.42. The van der Waals surface area contributed by atoms with Gasteiger partial charge in [-0.3, -0.25) is 4.79 Å². The molecule has 2 heterocycles. The topological polar surface area (TPSA) is 77.9 Å². The highest BCUT2D eigenvalue weighted by Gasteiger charge is 2.32. The fourth-order valence-electron chi connectivity index (χ4n) is 4.42. The second-order valence-electron chi connectivity index (χ2n) is 8.11. The molecule has 2 aromatic carbocycles. The van der Waals surface area contributed by atoms with Crippen molar-refractivity contribution in [2.45, 2.75) is 38.2 Å². The Bertz CT molecular complexity index is 1190. The number of pyridine rings is 1. The standard InChI is InChI=1S/C25H22FNO5/c1-14-3-2-4-23(27-14)32-20-10-8-19(26)25-18(20)7-9-21(25)31-16-5-6-17-15(11-24(28)29)13-30-22(17)12-16/h2-6,8,10,12,15,21H,7,9,11,13H2,1H3,(H,28,29)/t15-,21-/m1/s1. The van der Waals surface area contributed by atoms with Gasteiger partial charge in [0.05, 0.1) is 13.0 Å². The molecular weight excluding hydrogens is 413 g/mol. The zero-order valence-electron chi connectivity index (χ0n) is 17.5. The molecule has 0 saturated carbocycles. The van der Waals surface area contributed by atoms with Crippen LogP contribution < -0.4 is 14.2 Å². The van der Waals surface area contributed by atoms with Gasteiger partial charge in [-0.15, -0.1) is 0 Å². The van der Waals surface area contributed by atoms with Gasteiger partial charge in [-0.25, -0.2) is 9.37 Å². The van der Waals surface area contributed by atoms with Crippen molar-refractivity contribution in [1.82, 2.24) is 4.98 Å². The van der Waals surface area contributed by atoms with Crippen LogP contribution in [0.15, 0.2) is 48.5 Å². The van der Waals surface area contributed by atoms with Crippen molar-refractivity contribution in [3.05, 3.63) is 76.7 Å². The number of hydrogen-bond donors (Lipinski definition) is 1. The number of ether oxygens (including phenoxy) is 3. The van der Waals surface area contributed by atoms with Crippen LogP contribution in [-0.2, 0) is 11.2 Å². The SMILES string of the molecule is Cc1cccc(Oc2ccc(F)c3c2CC[C@H]3Oc2ccc3c(c2)OC[C@H]3CC(=O)O)n1. The van der Waals surface area contributed by atoms with Gasteiger partial charge < -0.3 is 19.3 Å². The summed E-state index contributed by atoms with van der Waals surface area (Å²) in [6.45, 7) is 2.22. The minimum Gasteiger partial charge on any atom is -0.492 e. The van der Waals surface area contributed by atoms with E-state index >= 15 is 0 Å². The number of carboxylic acid groups (broad SMARTS) is 1. The molecule has 1 aliphatic carbocycles. The summed E-state index contributed by atoms with van der Waals surface area (Å²) >= 11 is 0. The smallest absolute Gasteiger partial charge is 0.304 e. The van der Waals surface area contributed by atoms with E-state index in [2.05, 4.69) is 4.98 Å². The number of nitrogens with zero attached hydrogens (tertiary/aromatic N) is 1. The normalized spacial score (nSPS) is 18.6. The van der Waals surface area contributed by atoms with Crippen LogP contribution in [0.25, 0.3) is 0 Å². The molecule has 1 aliphatic heterocycles. The average Bonchev–Trinajstić information content (AvgIpc) is 3.35. The minimum atomic E-state index is -0.858. The molecule has 0 bridgehead atoms. The summed E-state index contributed by atoms with van der Waals surface area (Å²) in [6.07, 6.45) is 0.815. The zero-order valence-corrected chi connectivity index (χ0v) is 17.5. The number of halogens is 1. The van der Waals surface area contributed by atoms with Crippen molar-refractivity contribution in [3.8, 4) is 23.1 Å². The summed E-state index contributed by atoms with van der Waals surface area (Å²) in [5, 5.41) is 9.06. The van der Waals surface area contributed by atoms with Gasteiger partial charge in [0, 0.05) is 40.4 Å². The number of carbonyl (C=O) groups is 1. The van der Waals surface area contributed by atoms with Crippen molar-refractivity contribution in [2.75, 3.05) is 6.61 Å². The first-order valence-corrected chi connectivity index (χ1v) is 10.6. The van der Waals surface area contributed by atoms with Gasteiger partial charge in [0.15, 0.2) is 0 Å². The van der Waals surface area contributed by atoms with E-state index in [4.69, 9.17) is 19.3 Å². The van der Waals surface area contributed by atoms with Crippen LogP contribution in [0.2, 0.25) is 0 Å². The van der Waals surface area contributed by atoms with E-state index < -0.39 is 12.1 Å². The highest BCUT2D eigenvalue weighted by Crippen LogP contribution is 2.44. The lowest BCUT2D eigenvalue weighted by Gasteiger charge is -2.17. The molecule has 1 aromatic heterocycles. The summed E-state index contributed by atoms with van der Waals surface area (Å²) in [5.41, 5.74) is 2.99. The molecule has 7 heteroatoms. The molecule has 6 nitrogen and oxygen atoms in total. The highest BCUT2D eigenvalue weighted by molar-refractivity contribution is 5.68. The van der Waals surface area contributed by atoms with Gasteiger partial charge in [-0.2, -0.15) is 0 Å². The van der Waals surface area contributed by atoms with E-state index in [-0.39, 0.29) is 18.2 Å². The quantitative estimate of drug-likeness (QED) is 0.563. The van der Waals surface area contributed by atoms with Gasteiger partial charge in [-0.1, -0.05) is 12.1 Å². The monoisotopic (exact) mass is 435 g/mol. The predicted octanol–water partition coefficient (Wildman–Crippen LogP) is 5.34. The van der Waals surface area contributed by atoms with E-state index in [0.717, 1.165) is 16.8 Å². The van der Waals surface area contributed by atoms with Crippen LogP contribution >= 0.6 is 0 Å². The third kappa shape index (κ3) is 3.86. The van der Waals surface area contributed by atoms with Crippen LogP contribution in [-0.4, -0.2) is 22.7 Å². The first-order valence-electron chi connectivity index (χ1n) is 10.6. The molecule has 0 amide bonds. The molecule has 2 aliphatic rings. The number of aryl methyl sites for hydroxylation is 1. The number of hydrogen-bond acceptors (Lipinski definition) is 5. The van der Waals surface area contributed by atoms with Crippen molar-refractivity contribution in [2.24, 2.45) is 0 Å². The Morgan fingerprint density at radius 1 is 1.25 bits per heavy atom. The maximum Gasteiger partial charge on any atom is 0.304 e. The van der Waals surface area contributed by atoms with E-state index in [0.29, 0.717) is 48.1 Å². The van der Waals surface area contributed by atoms with E-state index in [1.165, 1.54) is 6.07 Å². The van der Waals surface area contributed by atoms with Gasteiger partial charge in [0.2, 0.25) is 5.88 Å². The van der Waals surface area contributed by atoms with Gasteiger partial charge in [0.25, 0.3) is 0 Å². The summed E-state index contributed by atoms with van der Waals surface area (Å²) in [5.74, 6) is 0.874. The molecule has 0 radical (unpaired) electrons. The van der Waals surface area contributed by atoms with Gasteiger partial charge >= 0.3 is 5.97 Å². The molecule has 1 N–H and O–H groups in total. The summed E-state index contributed by atoms with van der Waals surface area (Å²) < 4.78 is 32.5. The fraction of sp³-hybridized carbons (Fsp3) is 0.280. The van der Waals surface area contributed by atoms with Crippen LogP contribution in [0.1, 0.15) is 47.2 Å². The van der Waals surface area contributed by atoms with Crippen LogP contribution in [0, 0.1) is 12.7 Å². The van der Waals surface area contributed by atoms with Crippen molar-refractivity contribution < 1.29 is 28.5 Å². The number of benzene rings is 2. The average molecular weight is 435 g/mol. The van der Waals surface area contributed by atoms with E-state index in [9.17, 15) is 9.18 Å². The molecule has 164 valence electrons. The maximum absolute atomic E-state index is 14.8. The minimum absolute atomic E-state index is 0.0208. The lowest BCUT2D eigenvalue weighted by Crippen LogP contribution is -2.07. The highest BCUT2D eigenvalue weighted by atomic mass is 19.1. The molecule has 5 rings (SSSR count). The van der Waals surface area contributed by atoms with Crippen LogP contribution in [0.3, 0.4) is 0 Å². The van der Waals surface area contributed by atoms with E-state index in [1.807, 2.05) is 25.1 Å². The number of fused-ring (bicyclic) bond motifs is 2. The third-order valence-electron chi connectivity index (χ3n) is 5.88. The summed E-state index contributed by atoms with van der Waals surface area (Å²) in [6, 6.07) is 13.9. The van der Waals surface area contributed by atoms with Crippen LogP contribution in [0.4, 0.5) is 4.39 Å². The van der Waals surface area contributed by atoms with Gasteiger partial charge in [-0.05, 0) is 44.0 Å². The Balaban J connectivity index is 1.38. The Morgan fingerprint density at radius 2 is 2.12 bits per heavy atom. The van der Waals surface area contributed by atoms with Gasteiger partial charge in [0.1, 0.15) is 29.2 Å². The number of aromatic nitrogens is 1. The molecule has 0 spiro atoms. The molecule has 2 atom stereocenters. The number of carboxylic acids is 1. The first-order chi connectivity index (χ1) is 15.5. The second kappa shape index (κ2) is 8.15. The lowest BCUT2D eigenvalue weighted by atomic mass is 9.98. The van der Waals surface area contributed by atoms with Crippen molar-refractivity contribution >= 4 is 5.97 Å². The Labute approximate surface area is 184 Å². The molecule has 32 heavy (non-hydrogen) atoms. The lowest BCUT2D eigenvalue weighted by molar-refractivity contribution is -0.137. The Morgan fingerprint density at radius 3 is 2.94 bits per heavy atom. The summed E-state index contributed by atoms with van der Waals surface area (Å²) in [7, 11) is 0. The van der Waals surface area contributed by atoms with Crippen molar-refractivity contribution in [1.29, 1.82) is 0 Å². The number of aliphatic carboxylic acids is 1. The Kier molecular flexibility index (Phi) is 5.17. The predicted molar refractivity (Wildman–Crippen MR) is 114 cm³/mol. The largest absolute Gasteiger partial charge is 0.492 e. The molecule has 0 saturated heterocycles. The zero-order chi connectivity index (χ0) is 22.2. The Hall–Kier alpha value is -3.61. The number of rotatable bonds is 6. The maximum atomic E-state index is 14.8. The van der Waals surface area contributed by atoms with Crippen LogP contribution in [0.5, 0.6) is 23.1 Å². The molecule has 0 fully saturated rings. The van der Waals surface area contributed by atoms with E-state index in [1.54, 1.807) is 24.3 Å². The third-order valence-corrected chi connectivity index (χ3v) is 5.88. The molecular formula is C25H22FNO5. The molecule has 3 aromatic rings. The molecule has 0 unspecified atom stereocenters.